The van der Waals surface area contributed by atoms with Crippen LogP contribution in [0.2, 0.25) is 0 Å². The zero-order chi connectivity index (χ0) is 81.7. The van der Waals surface area contributed by atoms with E-state index < -0.39 is 89.0 Å². The average Bonchev–Trinajstić information content (AvgIpc) is 0.981. The summed E-state index contributed by atoms with van der Waals surface area (Å²) in [5.74, 6) is -0.595. The first-order valence-corrected chi connectivity index (χ1v) is 40.1. The molecule has 1 aliphatic rings. The lowest BCUT2D eigenvalue weighted by molar-refractivity contribution is 0.132. The van der Waals surface area contributed by atoms with Crippen molar-refractivity contribution in [3.63, 3.8) is 0 Å². The Hall–Kier alpha value is -9.22. The highest BCUT2D eigenvalue weighted by atomic mass is 32.3. The highest BCUT2D eigenvalue weighted by Gasteiger charge is 2.64. The Bertz CT molecular complexity index is 5100. The molecule has 8 rings (SSSR count). The summed E-state index contributed by atoms with van der Waals surface area (Å²) in [7, 11) is -20.1. The summed E-state index contributed by atoms with van der Waals surface area (Å²) < 4.78 is 230. The molecule has 7 aromatic rings. The SMILES string of the molecule is COCc1cc(C(C)(C)C)cc(COC)c1OCCS(=O)(=O)O/N=C(\C#N)c1ccccc1.COCc1cc(C(C)(C)C)cc(COC)c1OS(=O)(=O)C(F)(F)S(=O)(=O)O/N=C(\C#N)c1ccc2ccccc2c1.COCc1cc(CCOS(=O)(=O)C(F)(F)S(=O)(=O)O/N=C2\CCc3ccccc32)cc(COC)c1O. The minimum Gasteiger partial charge on any atom is -0.507 e. The fourth-order valence-electron chi connectivity index (χ4n) is 10.3. The maximum absolute atomic E-state index is 15.1. The van der Waals surface area contributed by atoms with E-state index in [2.05, 4.69) is 49.0 Å². The molecule has 0 radical (unpaired) electrons. The third kappa shape index (κ3) is 23.2. The summed E-state index contributed by atoms with van der Waals surface area (Å²) in [6.45, 7) is 11.1. The zero-order valence-corrected chi connectivity index (χ0v) is 66.0. The Labute approximate surface area is 637 Å². The number of phenols is 1. The van der Waals surface area contributed by atoms with E-state index >= 15 is 8.78 Å². The van der Waals surface area contributed by atoms with Gasteiger partial charge in [-0.15, -0.1) is 0 Å². The molecule has 0 aromatic heterocycles. The van der Waals surface area contributed by atoms with Gasteiger partial charge in [0.15, 0.2) is 17.2 Å². The minimum absolute atomic E-state index is 0.0240. The molecule has 37 heteroatoms. The van der Waals surface area contributed by atoms with Crippen molar-refractivity contribution in [2.45, 2.75) is 120 Å². The van der Waals surface area contributed by atoms with E-state index in [1.54, 1.807) is 105 Å². The summed E-state index contributed by atoms with van der Waals surface area (Å²) in [6, 6.07) is 40.0. The Kier molecular flexibility index (Phi) is 31.5. The van der Waals surface area contributed by atoms with Crippen LogP contribution < -0.4 is 8.92 Å². The summed E-state index contributed by atoms with van der Waals surface area (Å²) >= 11 is 0. The van der Waals surface area contributed by atoms with Crippen molar-refractivity contribution >= 4 is 78.5 Å². The lowest BCUT2D eigenvalue weighted by Gasteiger charge is -2.24. The number of oxime groups is 3. The molecule has 0 heterocycles. The van der Waals surface area contributed by atoms with Gasteiger partial charge in [0.1, 0.15) is 36.0 Å². The number of hydrogen-bond donors (Lipinski definition) is 1. The van der Waals surface area contributed by atoms with Crippen LogP contribution in [-0.4, -0.2) is 135 Å². The summed E-state index contributed by atoms with van der Waals surface area (Å²) in [5.41, 5.74) is 5.24. The Morgan fingerprint density at radius 3 is 1.43 bits per heavy atom. The maximum atomic E-state index is 15.1. The fourth-order valence-corrected chi connectivity index (χ4v) is 14.8. The van der Waals surface area contributed by atoms with Gasteiger partial charge in [-0.05, 0) is 106 Å². The Balaban J connectivity index is 0.000000259. The molecule has 0 aliphatic heterocycles. The first-order chi connectivity index (χ1) is 51.6. The van der Waals surface area contributed by atoms with Gasteiger partial charge < -0.3 is 42.4 Å². The number of aryl methyl sites for hydroxylation is 1. The highest BCUT2D eigenvalue weighted by Crippen LogP contribution is 2.40. The van der Waals surface area contributed by atoms with Gasteiger partial charge in [0.25, 0.3) is 0 Å². The number of aromatic hydroxyl groups is 1. The van der Waals surface area contributed by atoms with Gasteiger partial charge in [-0.1, -0.05) is 148 Å². The molecule has 0 spiro atoms. The Morgan fingerprint density at radius 2 is 0.918 bits per heavy atom. The first kappa shape index (κ1) is 89.7. The monoisotopic (exact) mass is 1630 g/mol. The van der Waals surface area contributed by atoms with Gasteiger partial charge in [0, 0.05) is 92.7 Å². The van der Waals surface area contributed by atoms with E-state index in [0.717, 1.165) is 27.6 Å². The first-order valence-electron chi connectivity index (χ1n) is 32.9. The number of benzene rings is 7. The van der Waals surface area contributed by atoms with E-state index in [-0.39, 0.29) is 85.2 Å². The van der Waals surface area contributed by atoms with Crippen molar-refractivity contribution in [3.8, 4) is 29.4 Å². The summed E-state index contributed by atoms with van der Waals surface area (Å²) in [5, 5.41) is 40.2. The molecule has 0 amide bonds. The van der Waals surface area contributed by atoms with Crippen molar-refractivity contribution in [2.75, 3.05) is 61.6 Å². The van der Waals surface area contributed by atoms with E-state index in [1.807, 2.05) is 39.0 Å². The van der Waals surface area contributed by atoms with E-state index in [9.17, 15) is 66.5 Å². The lowest BCUT2D eigenvalue weighted by Crippen LogP contribution is -2.41. The molecule has 28 nitrogen and oxygen atoms in total. The highest BCUT2D eigenvalue weighted by molar-refractivity contribution is 8.06. The minimum atomic E-state index is -6.32. The van der Waals surface area contributed by atoms with Crippen LogP contribution in [0.25, 0.3) is 10.8 Å². The number of halogens is 4. The van der Waals surface area contributed by atoms with E-state index in [1.165, 1.54) is 64.8 Å². The Morgan fingerprint density at radius 1 is 0.473 bits per heavy atom. The van der Waals surface area contributed by atoms with Gasteiger partial charge in [0.05, 0.1) is 52.0 Å². The number of nitrogens with zero attached hydrogens (tertiary/aromatic N) is 5. The van der Waals surface area contributed by atoms with Crippen LogP contribution in [0.5, 0.6) is 17.2 Å². The molecular weight excluding hydrogens is 1550 g/mol. The van der Waals surface area contributed by atoms with Crippen molar-refractivity contribution in [1.29, 1.82) is 10.5 Å². The van der Waals surface area contributed by atoms with E-state index in [0.29, 0.717) is 64.2 Å². The molecule has 1 N–H and O–H groups in total. The molecule has 0 saturated carbocycles. The van der Waals surface area contributed by atoms with Gasteiger partial charge in [-0.2, -0.15) is 70.2 Å². The number of rotatable bonds is 34. The van der Waals surface area contributed by atoms with Crippen LogP contribution in [0.3, 0.4) is 0 Å². The summed E-state index contributed by atoms with van der Waals surface area (Å²) in [4.78, 5) is 0. The second-order valence-corrected chi connectivity index (χ2v) is 34.6. The van der Waals surface area contributed by atoms with Crippen molar-refractivity contribution in [1.82, 2.24) is 0 Å². The van der Waals surface area contributed by atoms with Crippen molar-refractivity contribution in [3.05, 3.63) is 206 Å². The van der Waals surface area contributed by atoms with Gasteiger partial charge in [0.2, 0.25) is 0 Å². The van der Waals surface area contributed by atoms with Crippen molar-refractivity contribution in [2.24, 2.45) is 15.5 Å². The molecule has 0 atom stereocenters. The number of fused-ring (bicyclic) bond motifs is 2. The largest absolute Gasteiger partial charge is 0.519 e. The quantitative estimate of drug-likeness (QED) is 0.0169. The van der Waals surface area contributed by atoms with Gasteiger partial charge in [-0.3, -0.25) is 17.0 Å². The molecule has 0 unspecified atom stereocenters. The third-order valence-electron chi connectivity index (χ3n) is 15.9. The van der Waals surface area contributed by atoms with Crippen LogP contribution >= 0.6 is 0 Å². The average molecular weight is 1630 g/mol. The molecule has 596 valence electrons. The van der Waals surface area contributed by atoms with E-state index in [4.69, 9.17) is 41.6 Å². The van der Waals surface area contributed by atoms with Crippen LogP contribution in [0.4, 0.5) is 17.6 Å². The maximum Gasteiger partial charge on any atom is 0.519 e. The topological polar surface area (TPSA) is 386 Å². The molecule has 0 saturated heterocycles. The number of ether oxygens (including phenoxy) is 7. The summed E-state index contributed by atoms with van der Waals surface area (Å²) in [6.07, 6.45) is 0.543. The van der Waals surface area contributed by atoms with Gasteiger partial charge in [-0.25, -0.2) is 0 Å². The number of methoxy groups -OCH3 is 6. The molecule has 0 bridgehead atoms. The standard InChI is InChI=1S/C27H28F2N2O8S2.C24H30N2O6S.C22H25F2NO9S2/c1-26(2,3)23-13-21(16-36-4)25(22(14-23)17-37-5)38-40(32,33)27(28,29)41(34,35)39-31-24(15-30)20-11-10-18-8-6-7-9-19(18)12-20;1-24(2,3)21-13-19(16-29-4)23(20(14-21)17-30-5)31-11-12-33(27,28)32-26-22(15-25)18-9-7-6-8-10-18;1-31-13-17-11-15(12-18(14-32-2)21(17)26)9-10-33-35(27,28)22(23,24)36(29,30)34-25-20-8-7-16-5-3-4-6-19(16)20/h6-14H,16-17H2,1-5H3;6-10,13-14H,11-12,16-17H2,1-5H3;3-6,11-12,26H,7-10,13-14H2,1-2H3/b31-24+;26-22+;25-20+. The molecule has 7 aromatic carbocycles. The predicted molar refractivity (Wildman–Crippen MR) is 397 cm³/mol. The lowest BCUT2D eigenvalue weighted by atomic mass is 9.84. The van der Waals surface area contributed by atoms with Crippen LogP contribution in [-0.2, 0) is 159 Å². The predicted octanol–water partition coefficient (Wildman–Crippen LogP) is 11.7. The number of alkyl halides is 4. The molecule has 110 heavy (non-hydrogen) atoms. The number of nitriles is 2. The van der Waals surface area contributed by atoms with Crippen LogP contribution in [0, 0.1) is 22.7 Å². The molecular formula is C73H83F4N5O23S5. The normalized spacial score (nSPS) is 13.6. The smallest absolute Gasteiger partial charge is 0.507 e. The second-order valence-electron chi connectivity index (χ2n) is 26.1. The number of phenolic OH excluding ortho intramolecular Hbond substituents is 1. The molecule has 1 aliphatic carbocycles. The molecule has 0 fully saturated rings. The number of hydrogen-bond acceptors (Lipinski definition) is 28. The van der Waals surface area contributed by atoms with Crippen molar-refractivity contribution < 1.29 is 119 Å². The van der Waals surface area contributed by atoms with Crippen LogP contribution in [0.1, 0.15) is 120 Å². The third-order valence-corrected chi connectivity index (χ3v) is 23.0. The van der Waals surface area contributed by atoms with Gasteiger partial charge >= 0.3 is 59.8 Å². The van der Waals surface area contributed by atoms with Crippen LogP contribution in [0.15, 0.2) is 149 Å². The fraction of sp³-hybridized carbons (Fsp3) is 0.384. The second kappa shape index (κ2) is 38.6. The zero-order valence-electron chi connectivity index (χ0n) is 61.9.